The molecular weight excluding hydrogens is 166 g/mol. The van der Waals surface area contributed by atoms with Crippen LogP contribution in [0, 0.1) is 5.92 Å². The molecule has 1 aliphatic rings. The van der Waals surface area contributed by atoms with E-state index >= 15 is 0 Å². The smallest absolute Gasteiger partial charge is 0.323 e. The van der Waals surface area contributed by atoms with Crippen molar-refractivity contribution in [2.24, 2.45) is 5.92 Å². The van der Waals surface area contributed by atoms with Crippen LogP contribution in [0.4, 0.5) is 0 Å². The largest absolute Gasteiger partial charge is 0.480 e. The fourth-order valence-electron chi connectivity index (χ4n) is 2.17. The van der Waals surface area contributed by atoms with E-state index < -0.39 is 11.5 Å². The van der Waals surface area contributed by atoms with Crippen molar-refractivity contribution in [1.29, 1.82) is 0 Å². The summed E-state index contributed by atoms with van der Waals surface area (Å²) in [5.74, 6) is -0.425. The summed E-state index contributed by atoms with van der Waals surface area (Å²) in [4.78, 5) is 11.1. The summed E-state index contributed by atoms with van der Waals surface area (Å²) in [6.07, 6.45) is 5.70. The van der Waals surface area contributed by atoms with Crippen LogP contribution in [0.2, 0.25) is 0 Å². The van der Waals surface area contributed by atoms with Crippen molar-refractivity contribution >= 4 is 5.97 Å². The van der Waals surface area contributed by atoms with E-state index in [1.165, 1.54) is 19.3 Å². The summed E-state index contributed by atoms with van der Waals surface area (Å²) in [6.45, 7) is 1.80. The van der Waals surface area contributed by atoms with Crippen molar-refractivity contribution in [3.63, 3.8) is 0 Å². The Morgan fingerprint density at radius 3 is 2.31 bits per heavy atom. The van der Waals surface area contributed by atoms with Crippen molar-refractivity contribution in [2.45, 2.75) is 44.6 Å². The number of carbonyl (C=O) groups is 1. The van der Waals surface area contributed by atoms with Crippen LogP contribution >= 0.6 is 0 Å². The molecule has 1 atom stereocenters. The van der Waals surface area contributed by atoms with Gasteiger partial charge in [-0.3, -0.25) is 4.79 Å². The van der Waals surface area contributed by atoms with Gasteiger partial charge in [0.15, 0.2) is 0 Å². The molecule has 0 aromatic rings. The Bertz CT molecular complexity index is 187. The van der Waals surface area contributed by atoms with E-state index in [4.69, 9.17) is 5.11 Å². The summed E-state index contributed by atoms with van der Waals surface area (Å²) in [6, 6.07) is 0. The molecule has 3 nitrogen and oxygen atoms in total. The Kier molecular flexibility index (Phi) is 3.31. The molecule has 1 aliphatic carbocycles. The summed E-state index contributed by atoms with van der Waals surface area (Å²) in [5.41, 5.74) is -0.722. The van der Waals surface area contributed by atoms with Gasteiger partial charge in [-0.05, 0) is 32.7 Å². The van der Waals surface area contributed by atoms with Crippen molar-refractivity contribution in [3.05, 3.63) is 0 Å². The van der Waals surface area contributed by atoms with Crippen molar-refractivity contribution in [1.82, 2.24) is 5.32 Å². The monoisotopic (exact) mass is 185 g/mol. The van der Waals surface area contributed by atoms with E-state index in [9.17, 15) is 4.79 Å². The molecule has 76 valence electrons. The highest BCUT2D eigenvalue weighted by molar-refractivity contribution is 5.78. The van der Waals surface area contributed by atoms with Gasteiger partial charge in [0.25, 0.3) is 0 Å². The highest BCUT2D eigenvalue weighted by Gasteiger charge is 2.40. The first-order valence-corrected chi connectivity index (χ1v) is 5.03. The lowest BCUT2D eigenvalue weighted by molar-refractivity contribution is -0.147. The molecule has 0 saturated heterocycles. The van der Waals surface area contributed by atoms with Gasteiger partial charge in [0.2, 0.25) is 0 Å². The fraction of sp³-hybridized carbons (Fsp3) is 0.900. The average molecular weight is 185 g/mol. The van der Waals surface area contributed by atoms with Gasteiger partial charge in [0.05, 0.1) is 0 Å². The zero-order valence-corrected chi connectivity index (χ0v) is 8.47. The first kappa shape index (κ1) is 10.5. The zero-order valence-electron chi connectivity index (χ0n) is 8.47. The predicted octanol–water partition coefficient (Wildman–Crippen LogP) is 1.63. The van der Waals surface area contributed by atoms with Gasteiger partial charge >= 0.3 is 5.97 Å². The number of carboxylic acids is 1. The van der Waals surface area contributed by atoms with E-state index in [1.54, 1.807) is 14.0 Å². The van der Waals surface area contributed by atoms with Gasteiger partial charge in [0, 0.05) is 0 Å². The number of carboxylic acid groups (broad SMARTS) is 1. The Morgan fingerprint density at radius 2 is 1.92 bits per heavy atom. The highest BCUT2D eigenvalue weighted by Crippen LogP contribution is 2.32. The van der Waals surface area contributed by atoms with Gasteiger partial charge in [-0.1, -0.05) is 19.3 Å². The summed E-state index contributed by atoms with van der Waals surface area (Å²) in [5, 5.41) is 12.1. The van der Waals surface area contributed by atoms with E-state index in [1.807, 2.05) is 0 Å². The molecule has 0 heterocycles. The first-order chi connectivity index (χ1) is 6.11. The van der Waals surface area contributed by atoms with E-state index in [2.05, 4.69) is 5.32 Å². The van der Waals surface area contributed by atoms with Crippen LogP contribution in [-0.2, 0) is 4.79 Å². The van der Waals surface area contributed by atoms with E-state index in [-0.39, 0.29) is 0 Å². The maximum absolute atomic E-state index is 11.1. The second-order valence-corrected chi connectivity index (χ2v) is 4.09. The number of hydrogen-bond donors (Lipinski definition) is 2. The van der Waals surface area contributed by atoms with Crippen LogP contribution in [0.1, 0.15) is 39.0 Å². The lowest BCUT2D eigenvalue weighted by Crippen LogP contribution is -2.54. The molecule has 0 spiro atoms. The van der Waals surface area contributed by atoms with Crippen LogP contribution in [0.5, 0.6) is 0 Å². The zero-order chi connectivity index (χ0) is 9.90. The molecule has 0 aromatic heterocycles. The second kappa shape index (κ2) is 4.09. The summed E-state index contributed by atoms with van der Waals surface area (Å²) >= 11 is 0. The van der Waals surface area contributed by atoms with Crippen molar-refractivity contribution in [2.75, 3.05) is 7.05 Å². The average Bonchev–Trinajstić information content (AvgIpc) is 2.17. The third kappa shape index (κ3) is 2.02. The molecule has 1 fully saturated rings. The number of nitrogens with one attached hydrogen (secondary N) is 1. The van der Waals surface area contributed by atoms with Crippen LogP contribution in [-0.4, -0.2) is 23.7 Å². The van der Waals surface area contributed by atoms with Gasteiger partial charge in [-0.25, -0.2) is 0 Å². The van der Waals surface area contributed by atoms with Crippen LogP contribution in [0.3, 0.4) is 0 Å². The third-order valence-electron chi connectivity index (χ3n) is 3.39. The van der Waals surface area contributed by atoms with Crippen LogP contribution in [0.15, 0.2) is 0 Å². The molecule has 0 amide bonds. The molecule has 13 heavy (non-hydrogen) atoms. The molecular formula is C10H19NO2. The molecule has 0 radical (unpaired) electrons. The van der Waals surface area contributed by atoms with Gasteiger partial charge in [0.1, 0.15) is 5.54 Å². The Hall–Kier alpha value is -0.570. The van der Waals surface area contributed by atoms with Crippen LogP contribution in [0.25, 0.3) is 0 Å². The molecule has 0 bridgehead atoms. The highest BCUT2D eigenvalue weighted by atomic mass is 16.4. The van der Waals surface area contributed by atoms with Crippen molar-refractivity contribution in [3.8, 4) is 0 Å². The lowest BCUT2D eigenvalue weighted by atomic mass is 9.76. The topological polar surface area (TPSA) is 49.3 Å². The van der Waals surface area contributed by atoms with Crippen molar-refractivity contribution < 1.29 is 9.90 Å². The fourth-order valence-corrected chi connectivity index (χ4v) is 2.17. The number of likely N-dealkylation sites (N-methyl/N-ethyl adjacent to an activating group) is 1. The molecule has 3 heteroatoms. The first-order valence-electron chi connectivity index (χ1n) is 5.03. The van der Waals surface area contributed by atoms with Gasteiger partial charge < -0.3 is 10.4 Å². The quantitative estimate of drug-likeness (QED) is 0.702. The Labute approximate surface area is 79.5 Å². The number of aliphatic carboxylic acids is 1. The second-order valence-electron chi connectivity index (χ2n) is 4.09. The molecule has 2 N–H and O–H groups in total. The molecule has 0 aromatic carbocycles. The van der Waals surface area contributed by atoms with Gasteiger partial charge in [-0.15, -0.1) is 0 Å². The SMILES string of the molecule is CNC(C)(C(=O)O)C1CCCCC1. The maximum atomic E-state index is 11.1. The maximum Gasteiger partial charge on any atom is 0.323 e. The third-order valence-corrected chi connectivity index (χ3v) is 3.39. The number of hydrogen-bond acceptors (Lipinski definition) is 2. The lowest BCUT2D eigenvalue weighted by Gasteiger charge is -2.36. The minimum atomic E-state index is -0.722. The normalized spacial score (nSPS) is 23.8. The summed E-state index contributed by atoms with van der Waals surface area (Å²) < 4.78 is 0. The van der Waals surface area contributed by atoms with Crippen LogP contribution < -0.4 is 5.32 Å². The minimum absolute atomic E-state index is 0.295. The van der Waals surface area contributed by atoms with Gasteiger partial charge in [-0.2, -0.15) is 0 Å². The summed E-state index contributed by atoms with van der Waals surface area (Å²) in [7, 11) is 1.74. The standard InChI is InChI=1S/C10H19NO2/c1-10(11-2,9(12)13)8-6-4-3-5-7-8/h8,11H,3-7H2,1-2H3,(H,12,13). The minimum Gasteiger partial charge on any atom is -0.480 e. The molecule has 1 saturated carbocycles. The molecule has 1 unspecified atom stereocenters. The number of rotatable bonds is 3. The van der Waals surface area contributed by atoms with E-state index in [0.29, 0.717) is 5.92 Å². The predicted molar refractivity (Wildman–Crippen MR) is 51.7 cm³/mol. The molecule has 1 rings (SSSR count). The van der Waals surface area contributed by atoms with E-state index in [0.717, 1.165) is 12.8 Å². The molecule has 0 aliphatic heterocycles. The Morgan fingerprint density at radius 1 is 1.38 bits per heavy atom. The Balaban J connectivity index is 2.68.